The Bertz CT molecular complexity index is 742. The standard InChI is InChI=1S/C16H15BrN2O3S/c1-9-6-11(8-13(17)14(9)20)18-16(23)19-15(21)10-4-3-5-12(7-10)22-2/h3-8,20H,1-2H3,(H2,18,19,21,23). The number of ether oxygens (including phenoxy) is 1. The zero-order valence-electron chi connectivity index (χ0n) is 12.5. The van der Waals surface area contributed by atoms with Crippen molar-refractivity contribution in [3.8, 4) is 11.5 Å². The zero-order valence-corrected chi connectivity index (χ0v) is 14.9. The minimum absolute atomic E-state index is 0.162. The van der Waals surface area contributed by atoms with Crippen molar-refractivity contribution in [2.45, 2.75) is 6.92 Å². The highest BCUT2D eigenvalue weighted by Crippen LogP contribution is 2.30. The molecule has 2 rings (SSSR count). The molecule has 0 atom stereocenters. The largest absolute Gasteiger partial charge is 0.506 e. The molecule has 23 heavy (non-hydrogen) atoms. The van der Waals surface area contributed by atoms with Crippen molar-refractivity contribution in [3.05, 3.63) is 52.0 Å². The lowest BCUT2D eigenvalue weighted by atomic mass is 10.2. The minimum Gasteiger partial charge on any atom is -0.506 e. The first-order chi connectivity index (χ1) is 10.9. The number of halogens is 1. The van der Waals surface area contributed by atoms with E-state index in [0.717, 1.165) is 0 Å². The molecule has 0 aliphatic rings. The predicted molar refractivity (Wildman–Crippen MR) is 97.2 cm³/mol. The van der Waals surface area contributed by atoms with Gasteiger partial charge in [-0.25, -0.2) is 0 Å². The Balaban J connectivity index is 2.05. The number of aryl methyl sites for hydroxylation is 1. The van der Waals surface area contributed by atoms with Crippen LogP contribution in [0.2, 0.25) is 0 Å². The molecule has 0 saturated heterocycles. The number of anilines is 1. The number of benzene rings is 2. The van der Waals surface area contributed by atoms with Crippen LogP contribution in [-0.2, 0) is 0 Å². The second kappa shape index (κ2) is 7.43. The Morgan fingerprint density at radius 2 is 2.04 bits per heavy atom. The summed E-state index contributed by atoms with van der Waals surface area (Å²) in [5.41, 5.74) is 1.78. The lowest BCUT2D eigenvalue weighted by Gasteiger charge is -2.12. The normalized spacial score (nSPS) is 10.0. The van der Waals surface area contributed by atoms with Crippen molar-refractivity contribution in [1.82, 2.24) is 5.32 Å². The third kappa shape index (κ3) is 4.43. The van der Waals surface area contributed by atoms with Crippen LogP contribution < -0.4 is 15.4 Å². The van der Waals surface area contributed by atoms with Gasteiger partial charge in [0.2, 0.25) is 0 Å². The van der Waals surface area contributed by atoms with Gasteiger partial charge >= 0.3 is 0 Å². The van der Waals surface area contributed by atoms with E-state index >= 15 is 0 Å². The summed E-state index contributed by atoms with van der Waals surface area (Å²) in [6.07, 6.45) is 0. The smallest absolute Gasteiger partial charge is 0.257 e. The first-order valence-corrected chi connectivity index (χ1v) is 7.86. The van der Waals surface area contributed by atoms with Gasteiger partial charge in [-0.1, -0.05) is 6.07 Å². The number of amides is 1. The van der Waals surface area contributed by atoms with Crippen LogP contribution in [0.4, 0.5) is 5.69 Å². The molecule has 0 aliphatic carbocycles. The Hall–Kier alpha value is -2.12. The Kier molecular flexibility index (Phi) is 5.57. The average molecular weight is 395 g/mol. The number of methoxy groups -OCH3 is 1. The van der Waals surface area contributed by atoms with Gasteiger partial charge in [-0.05, 0) is 71.0 Å². The quantitative estimate of drug-likeness (QED) is 0.547. The van der Waals surface area contributed by atoms with E-state index in [2.05, 4.69) is 26.6 Å². The second-order valence-electron chi connectivity index (χ2n) is 4.76. The number of rotatable bonds is 3. The maximum Gasteiger partial charge on any atom is 0.257 e. The number of carbonyl (C=O) groups excluding carboxylic acids is 1. The van der Waals surface area contributed by atoms with Crippen molar-refractivity contribution >= 4 is 44.9 Å². The first kappa shape index (κ1) is 17.2. The minimum atomic E-state index is -0.337. The van der Waals surface area contributed by atoms with Crippen LogP contribution >= 0.6 is 28.1 Å². The number of phenolic OH excluding ortho intramolecular Hbond substituents is 1. The number of thiocarbonyl (C=S) groups is 1. The van der Waals surface area contributed by atoms with Crippen LogP contribution in [0.3, 0.4) is 0 Å². The molecule has 0 aromatic heterocycles. The van der Waals surface area contributed by atoms with Crippen LogP contribution in [-0.4, -0.2) is 23.2 Å². The van der Waals surface area contributed by atoms with E-state index in [4.69, 9.17) is 17.0 Å². The van der Waals surface area contributed by atoms with Gasteiger partial charge in [0.05, 0.1) is 11.6 Å². The summed E-state index contributed by atoms with van der Waals surface area (Å²) in [4.78, 5) is 12.2. The fraction of sp³-hybridized carbons (Fsp3) is 0.125. The van der Waals surface area contributed by atoms with Crippen molar-refractivity contribution < 1.29 is 14.6 Å². The topological polar surface area (TPSA) is 70.6 Å². The molecule has 0 aliphatic heterocycles. The summed E-state index contributed by atoms with van der Waals surface area (Å²) in [5, 5.41) is 15.4. The molecule has 0 bridgehead atoms. The maximum atomic E-state index is 12.2. The lowest BCUT2D eigenvalue weighted by Crippen LogP contribution is -2.34. The summed E-state index contributed by atoms with van der Waals surface area (Å²) in [6, 6.07) is 10.2. The third-order valence-electron chi connectivity index (χ3n) is 3.07. The monoisotopic (exact) mass is 394 g/mol. The van der Waals surface area contributed by atoms with Crippen molar-refractivity contribution in [1.29, 1.82) is 0 Å². The number of hydrogen-bond acceptors (Lipinski definition) is 4. The van der Waals surface area contributed by atoms with Gasteiger partial charge in [0.25, 0.3) is 5.91 Å². The predicted octanol–water partition coefficient (Wildman–Crippen LogP) is 3.60. The molecule has 0 saturated carbocycles. The summed E-state index contributed by atoms with van der Waals surface area (Å²) >= 11 is 8.40. The van der Waals surface area contributed by atoms with Crippen LogP contribution in [0, 0.1) is 6.92 Å². The molecule has 1 amide bonds. The number of phenols is 1. The maximum absolute atomic E-state index is 12.2. The van der Waals surface area contributed by atoms with Gasteiger partial charge in [0.15, 0.2) is 5.11 Å². The zero-order chi connectivity index (χ0) is 17.0. The summed E-state index contributed by atoms with van der Waals surface area (Å²) in [6.45, 7) is 1.77. The van der Waals surface area contributed by atoms with Crippen molar-refractivity contribution in [2.24, 2.45) is 0 Å². The van der Waals surface area contributed by atoms with Crippen LogP contribution in [0.5, 0.6) is 11.5 Å². The molecule has 5 nitrogen and oxygen atoms in total. The average Bonchev–Trinajstić information content (AvgIpc) is 2.52. The van der Waals surface area contributed by atoms with Gasteiger partial charge in [-0.2, -0.15) is 0 Å². The first-order valence-electron chi connectivity index (χ1n) is 6.66. The van der Waals surface area contributed by atoms with E-state index < -0.39 is 0 Å². The van der Waals surface area contributed by atoms with Crippen LogP contribution in [0.25, 0.3) is 0 Å². The van der Waals surface area contributed by atoms with Gasteiger partial charge in [0.1, 0.15) is 11.5 Å². The molecule has 0 radical (unpaired) electrons. The summed E-state index contributed by atoms with van der Waals surface area (Å²) in [7, 11) is 1.54. The molecule has 2 aromatic rings. The molecule has 0 fully saturated rings. The number of nitrogens with one attached hydrogen (secondary N) is 2. The van der Waals surface area contributed by atoms with E-state index in [1.165, 1.54) is 7.11 Å². The lowest BCUT2D eigenvalue weighted by molar-refractivity contribution is 0.0977. The summed E-state index contributed by atoms with van der Waals surface area (Å²) in [5.74, 6) is 0.424. The van der Waals surface area contributed by atoms with E-state index in [9.17, 15) is 9.90 Å². The van der Waals surface area contributed by atoms with Gasteiger partial charge in [-0.15, -0.1) is 0 Å². The fourth-order valence-corrected chi connectivity index (χ4v) is 2.68. The SMILES string of the molecule is COc1cccc(C(=O)NC(=S)Nc2cc(C)c(O)c(Br)c2)c1. The van der Waals surface area contributed by atoms with Crippen LogP contribution in [0.15, 0.2) is 40.9 Å². The number of aromatic hydroxyl groups is 1. The Labute approximate surface area is 147 Å². The van der Waals surface area contributed by atoms with E-state index in [1.54, 1.807) is 43.3 Å². The molecule has 0 heterocycles. The van der Waals surface area contributed by atoms with Gasteiger partial charge in [0, 0.05) is 11.3 Å². The molecule has 2 aromatic carbocycles. The van der Waals surface area contributed by atoms with Gasteiger partial charge in [-0.3, -0.25) is 10.1 Å². The molecular weight excluding hydrogens is 380 g/mol. The van der Waals surface area contributed by atoms with Gasteiger partial charge < -0.3 is 15.2 Å². The highest BCUT2D eigenvalue weighted by molar-refractivity contribution is 9.10. The Morgan fingerprint density at radius 1 is 1.30 bits per heavy atom. The molecule has 0 unspecified atom stereocenters. The van der Waals surface area contributed by atoms with E-state index in [0.29, 0.717) is 27.0 Å². The molecule has 3 N–H and O–H groups in total. The summed E-state index contributed by atoms with van der Waals surface area (Å²) < 4.78 is 5.63. The fourth-order valence-electron chi connectivity index (χ4n) is 1.91. The van der Waals surface area contributed by atoms with Crippen molar-refractivity contribution in [2.75, 3.05) is 12.4 Å². The highest BCUT2D eigenvalue weighted by Gasteiger charge is 2.10. The van der Waals surface area contributed by atoms with E-state index in [-0.39, 0.29) is 16.8 Å². The highest BCUT2D eigenvalue weighted by atomic mass is 79.9. The molecule has 0 spiro atoms. The van der Waals surface area contributed by atoms with Crippen LogP contribution in [0.1, 0.15) is 15.9 Å². The number of hydrogen-bond donors (Lipinski definition) is 3. The molecule has 7 heteroatoms. The Morgan fingerprint density at radius 3 is 2.70 bits per heavy atom. The van der Waals surface area contributed by atoms with E-state index in [1.807, 2.05) is 0 Å². The number of carbonyl (C=O) groups is 1. The van der Waals surface area contributed by atoms with Crippen molar-refractivity contribution in [3.63, 3.8) is 0 Å². The molecule has 120 valence electrons. The second-order valence-corrected chi connectivity index (χ2v) is 6.03. The molecular formula is C16H15BrN2O3S. The third-order valence-corrected chi connectivity index (χ3v) is 3.88.